The Bertz CT molecular complexity index is 610. The van der Waals surface area contributed by atoms with E-state index in [4.69, 9.17) is 11.6 Å². The van der Waals surface area contributed by atoms with E-state index in [1.165, 1.54) is 17.4 Å². The van der Waals surface area contributed by atoms with Gasteiger partial charge in [-0.3, -0.25) is 4.79 Å². The van der Waals surface area contributed by atoms with Gasteiger partial charge in [-0.1, -0.05) is 11.6 Å². The number of phenols is 1. The van der Waals surface area contributed by atoms with Crippen LogP contribution < -0.4 is 5.32 Å². The number of hydrogen-bond donors (Lipinski definition) is 2. The third kappa shape index (κ3) is 2.47. The van der Waals surface area contributed by atoms with Gasteiger partial charge in [-0.25, -0.2) is 4.98 Å². The molecule has 0 aliphatic heterocycles. The predicted octanol–water partition coefficient (Wildman–Crippen LogP) is 3.37. The second kappa shape index (κ2) is 4.96. The standard InChI is InChI=1S/C12H11ClN2O2S/c1-6-3-8(13)4-9(10(6)16)15-12(17)11-7(2)14-5-18-11/h3-5,16H,1-2H3,(H,15,17). The minimum Gasteiger partial charge on any atom is -0.505 e. The summed E-state index contributed by atoms with van der Waals surface area (Å²) in [4.78, 5) is 16.5. The summed E-state index contributed by atoms with van der Waals surface area (Å²) in [6, 6.07) is 3.14. The molecule has 0 saturated carbocycles. The number of nitrogens with one attached hydrogen (secondary N) is 1. The molecule has 1 heterocycles. The number of carbonyl (C=O) groups is 1. The van der Waals surface area contributed by atoms with Crippen molar-refractivity contribution in [3.63, 3.8) is 0 Å². The van der Waals surface area contributed by atoms with Crippen LogP contribution in [-0.2, 0) is 0 Å². The molecule has 0 aliphatic carbocycles. The largest absolute Gasteiger partial charge is 0.505 e. The van der Waals surface area contributed by atoms with Crippen LogP contribution in [0.1, 0.15) is 20.9 Å². The smallest absolute Gasteiger partial charge is 0.267 e. The third-order valence-corrected chi connectivity index (χ3v) is 3.61. The van der Waals surface area contributed by atoms with Gasteiger partial charge in [0.15, 0.2) is 0 Å². The number of rotatable bonds is 2. The van der Waals surface area contributed by atoms with Crippen molar-refractivity contribution in [2.24, 2.45) is 0 Å². The van der Waals surface area contributed by atoms with Crippen LogP contribution in [0.3, 0.4) is 0 Å². The highest BCUT2D eigenvalue weighted by Crippen LogP contribution is 2.31. The SMILES string of the molecule is Cc1cc(Cl)cc(NC(=O)c2scnc2C)c1O. The summed E-state index contributed by atoms with van der Waals surface area (Å²) >= 11 is 7.14. The predicted molar refractivity (Wildman–Crippen MR) is 72.7 cm³/mol. The monoisotopic (exact) mass is 282 g/mol. The van der Waals surface area contributed by atoms with Crippen molar-refractivity contribution in [3.05, 3.63) is 38.8 Å². The third-order valence-electron chi connectivity index (χ3n) is 2.47. The highest BCUT2D eigenvalue weighted by atomic mass is 35.5. The van der Waals surface area contributed by atoms with Gasteiger partial charge < -0.3 is 10.4 Å². The molecule has 6 heteroatoms. The Hall–Kier alpha value is -1.59. The Labute approximate surface area is 113 Å². The molecule has 0 unspecified atom stereocenters. The fraction of sp³-hybridized carbons (Fsp3) is 0.167. The van der Waals surface area contributed by atoms with Crippen molar-refractivity contribution in [1.82, 2.24) is 4.98 Å². The average Bonchev–Trinajstić information content (AvgIpc) is 2.71. The summed E-state index contributed by atoms with van der Waals surface area (Å²) in [7, 11) is 0. The molecule has 2 aromatic rings. The number of halogens is 1. The zero-order chi connectivity index (χ0) is 13.3. The summed E-state index contributed by atoms with van der Waals surface area (Å²) in [5.74, 6) is -0.276. The highest BCUT2D eigenvalue weighted by Gasteiger charge is 2.15. The molecule has 2 N–H and O–H groups in total. The van der Waals surface area contributed by atoms with E-state index >= 15 is 0 Å². The average molecular weight is 283 g/mol. The minimum atomic E-state index is -0.299. The molecule has 0 atom stereocenters. The maximum absolute atomic E-state index is 12.0. The van der Waals surface area contributed by atoms with E-state index in [2.05, 4.69) is 10.3 Å². The van der Waals surface area contributed by atoms with E-state index in [-0.39, 0.29) is 11.7 Å². The number of aromatic nitrogens is 1. The van der Waals surface area contributed by atoms with E-state index in [1.54, 1.807) is 25.4 Å². The number of aromatic hydroxyl groups is 1. The van der Waals surface area contributed by atoms with Crippen molar-refractivity contribution in [1.29, 1.82) is 0 Å². The molecule has 1 amide bonds. The van der Waals surface area contributed by atoms with Crippen LogP contribution in [0, 0.1) is 13.8 Å². The Morgan fingerprint density at radius 1 is 1.44 bits per heavy atom. The fourth-order valence-electron chi connectivity index (χ4n) is 1.53. The Kier molecular flexibility index (Phi) is 3.54. The van der Waals surface area contributed by atoms with Crippen LogP contribution in [0.4, 0.5) is 5.69 Å². The molecule has 94 valence electrons. The van der Waals surface area contributed by atoms with Gasteiger partial charge in [0.1, 0.15) is 10.6 Å². The van der Waals surface area contributed by atoms with Crippen LogP contribution in [0.5, 0.6) is 5.75 Å². The summed E-state index contributed by atoms with van der Waals surface area (Å²) in [5.41, 5.74) is 3.18. The lowest BCUT2D eigenvalue weighted by atomic mass is 10.2. The first-order chi connectivity index (χ1) is 8.49. The van der Waals surface area contributed by atoms with Crippen LogP contribution in [0.2, 0.25) is 5.02 Å². The minimum absolute atomic E-state index is 0.0231. The molecule has 0 spiro atoms. The number of hydrogen-bond acceptors (Lipinski definition) is 4. The Morgan fingerprint density at radius 3 is 2.78 bits per heavy atom. The van der Waals surface area contributed by atoms with Crippen molar-refractivity contribution in [2.75, 3.05) is 5.32 Å². The zero-order valence-electron chi connectivity index (χ0n) is 9.82. The van der Waals surface area contributed by atoms with Crippen molar-refractivity contribution < 1.29 is 9.90 Å². The lowest BCUT2D eigenvalue weighted by Crippen LogP contribution is -2.12. The fourth-order valence-corrected chi connectivity index (χ4v) is 2.50. The molecule has 0 radical (unpaired) electrons. The van der Waals surface area contributed by atoms with Crippen LogP contribution in [0.15, 0.2) is 17.6 Å². The Balaban J connectivity index is 2.30. The lowest BCUT2D eigenvalue weighted by Gasteiger charge is -2.09. The van der Waals surface area contributed by atoms with Gasteiger partial charge in [0.2, 0.25) is 0 Å². The molecule has 2 rings (SSSR count). The van der Waals surface area contributed by atoms with Crippen LogP contribution in [-0.4, -0.2) is 16.0 Å². The first-order valence-corrected chi connectivity index (χ1v) is 6.45. The zero-order valence-corrected chi connectivity index (χ0v) is 11.4. The quantitative estimate of drug-likeness (QED) is 0.830. The van der Waals surface area contributed by atoms with Gasteiger partial charge in [0.05, 0.1) is 16.9 Å². The molecule has 1 aromatic carbocycles. The molecule has 0 fully saturated rings. The number of thiazole rings is 1. The van der Waals surface area contributed by atoms with Crippen LogP contribution in [0.25, 0.3) is 0 Å². The molecular formula is C12H11ClN2O2S. The lowest BCUT2D eigenvalue weighted by molar-refractivity contribution is 0.102. The van der Waals surface area contributed by atoms with Crippen molar-refractivity contribution >= 4 is 34.5 Å². The van der Waals surface area contributed by atoms with Gasteiger partial charge in [0, 0.05) is 5.02 Å². The highest BCUT2D eigenvalue weighted by molar-refractivity contribution is 7.12. The molecule has 0 bridgehead atoms. The van der Waals surface area contributed by atoms with Crippen LogP contribution >= 0.6 is 22.9 Å². The molecule has 4 nitrogen and oxygen atoms in total. The van der Waals surface area contributed by atoms with E-state index in [0.29, 0.717) is 26.8 Å². The number of phenolic OH excluding ortho intramolecular Hbond substituents is 1. The molecule has 0 saturated heterocycles. The van der Waals surface area contributed by atoms with E-state index in [0.717, 1.165) is 0 Å². The normalized spacial score (nSPS) is 10.4. The molecular weight excluding hydrogens is 272 g/mol. The summed E-state index contributed by atoms with van der Waals surface area (Å²) < 4.78 is 0. The van der Waals surface area contributed by atoms with Gasteiger partial charge in [-0.15, -0.1) is 11.3 Å². The first-order valence-electron chi connectivity index (χ1n) is 5.19. The number of aryl methyl sites for hydroxylation is 2. The second-order valence-electron chi connectivity index (χ2n) is 3.84. The molecule has 18 heavy (non-hydrogen) atoms. The van der Waals surface area contributed by atoms with E-state index < -0.39 is 0 Å². The number of carbonyl (C=O) groups excluding carboxylic acids is 1. The summed E-state index contributed by atoms with van der Waals surface area (Å²) in [6.07, 6.45) is 0. The maximum atomic E-state index is 12.0. The van der Waals surface area contributed by atoms with Gasteiger partial charge in [-0.2, -0.15) is 0 Å². The molecule has 1 aromatic heterocycles. The van der Waals surface area contributed by atoms with Crippen molar-refractivity contribution in [3.8, 4) is 5.75 Å². The summed E-state index contributed by atoms with van der Waals surface area (Å²) in [5, 5.41) is 12.9. The topological polar surface area (TPSA) is 62.2 Å². The molecule has 0 aliphatic rings. The number of anilines is 1. The summed E-state index contributed by atoms with van der Waals surface area (Å²) in [6.45, 7) is 3.48. The first kappa shape index (κ1) is 12.9. The van der Waals surface area contributed by atoms with Gasteiger partial charge in [0.25, 0.3) is 5.91 Å². The second-order valence-corrected chi connectivity index (χ2v) is 5.13. The number of benzene rings is 1. The maximum Gasteiger partial charge on any atom is 0.267 e. The van der Waals surface area contributed by atoms with E-state index in [1.807, 2.05) is 0 Å². The Morgan fingerprint density at radius 2 is 2.17 bits per heavy atom. The van der Waals surface area contributed by atoms with E-state index in [9.17, 15) is 9.90 Å². The van der Waals surface area contributed by atoms with Crippen molar-refractivity contribution in [2.45, 2.75) is 13.8 Å². The number of nitrogens with zero attached hydrogens (tertiary/aromatic N) is 1. The number of amides is 1. The van der Waals surface area contributed by atoms with Gasteiger partial charge in [-0.05, 0) is 31.5 Å². The van der Waals surface area contributed by atoms with Gasteiger partial charge >= 0.3 is 0 Å².